The summed E-state index contributed by atoms with van der Waals surface area (Å²) in [5, 5.41) is 14.0. The summed E-state index contributed by atoms with van der Waals surface area (Å²) in [6, 6.07) is 8.56. The number of amides is 1. The van der Waals surface area contributed by atoms with Gasteiger partial charge in [0.25, 0.3) is 0 Å². The molecule has 23 heavy (non-hydrogen) atoms. The quantitative estimate of drug-likeness (QED) is 0.286. The van der Waals surface area contributed by atoms with E-state index in [-0.39, 0.29) is 34.6 Å². The van der Waals surface area contributed by atoms with Gasteiger partial charge >= 0.3 is 6.09 Å². The van der Waals surface area contributed by atoms with Gasteiger partial charge in [0.15, 0.2) is 0 Å². The Morgan fingerprint density at radius 1 is 1.48 bits per heavy atom. The predicted molar refractivity (Wildman–Crippen MR) is 86.7 cm³/mol. The Morgan fingerprint density at radius 3 is 2.91 bits per heavy atom. The standard InChI is InChI=1S/C15H18BrN4O3/c16-11-6-7-20(8-12(21)13(14(11)20)18-19-17)15(22)23-9-10-4-2-1-3-5-10/h1-5,11-14,21H,6-9H2/q+1/t11-,12+,13-,14+,20+/m0/s1. The van der Waals surface area contributed by atoms with Gasteiger partial charge in [-0.05, 0) is 11.1 Å². The lowest BCUT2D eigenvalue weighted by Crippen LogP contribution is -2.55. The summed E-state index contributed by atoms with van der Waals surface area (Å²) < 4.78 is 5.53. The van der Waals surface area contributed by atoms with Crippen molar-refractivity contribution in [3.63, 3.8) is 0 Å². The molecule has 2 aliphatic heterocycles. The minimum Gasteiger partial charge on any atom is -0.415 e. The van der Waals surface area contributed by atoms with Crippen LogP contribution in [0.5, 0.6) is 0 Å². The third kappa shape index (κ3) is 2.83. The molecule has 2 aliphatic rings. The number of carbonyl (C=O) groups is 1. The minimum atomic E-state index is -0.833. The third-order valence-corrected chi connectivity index (χ3v) is 5.76. The Bertz CT molecular complexity index is 637. The van der Waals surface area contributed by atoms with Crippen LogP contribution in [0.1, 0.15) is 12.0 Å². The predicted octanol–water partition coefficient (Wildman–Crippen LogP) is 2.73. The van der Waals surface area contributed by atoms with Gasteiger partial charge in [-0.25, -0.2) is 4.48 Å². The van der Waals surface area contributed by atoms with Crippen LogP contribution in [0.3, 0.4) is 0 Å². The lowest BCUT2D eigenvalue weighted by atomic mass is 10.1. The molecule has 0 bridgehead atoms. The van der Waals surface area contributed by atoms with E-state index in [0.717, 1.165) is 12.0 Å². The van der Waals surface area contributed by atoms with Gasteiger partial charge in [0.1, 0.15) is 31.3 Å². The molecule has 2 saturated heterocycles. The maximum absolute atomic E-state index is 12.7. The van der Waals surface area contributed by atoms with Crippen molar-refractivity contribution in [2.75, 3.05) is 13.1 Å². The lowest BCUT2D eigenvalue weighted by molar-refractivity contribution is -0.857. The molecular weight excluding hydrogens is 364 g/mol. The zero-order valence-electron chi connectivity index (χ0n) is 12.5. The minimum absolute atomic E-state index is 0.0134. The van der Waals surface area contributed by atoms with E-state index in [9.17, 15) is 9.90 Å². The number of alkyl halides is 1. The Hall–Kier alpha value is -1.60. The Morgan fingerprint density at radius 2 is 2.22 bits per heavy atom. The molecule has 2 fully saturated rings. The van der Waals surface area contributed by atoms with Crippen molar-refractivity contribution < 1.29 is 19.1 Å². The molecule has 1 aromatic carbocycles. The number of halogens is 1. The average Bonchev–Trinajstić information content (AvgIpc) is 3.03. The van der Waals surface area contributed by atoms with Crippen molar-refractivity contribution in [1.82, 2.24) is 0 Å². The highest BCUT2D eigenvalue weighted by atomic mass is 79.9. The highest BCUT2D eigenvalue weighted by Crippen LogP contribution is 2.42. The SMILES string of the molecule is [N-]=[N+]=N[C@@H]1[C@H]2[C@@H](Br)CC[N@@+]2(C(=O)OCc2ccccc2)C[C@H]1O. The normalized spacial score (nSPS) is 35.4. The summed E-state index contributed by atoms with van der Waals surface area (Å²) in [4.78, 5) is 15.6. The monoisotopic (exact) mass is 381 g/mol. The molecule has 0 unspecified atom stereocenters. The first-order chi connectivity index (χ1) is 11.1. The molecule has 5 atom stereocenters. The number of quaternary nitrogens is 1. The highest BCUT2D eigenvalue weighted by molar-refractivity contribution is 9.09. The summed E-state index contributed by atoms with van der Waals surface area (Å²) >= 11 is 3.56. The molecule has 7 nitrogen and oxygen atoms in total. The van der Waals surface area contributed by atoms with Crippen LogP contribution in [-0.2, 0) is 11.3 Å². The van der Waals surface area contributed by atoms with Gasteiger partial charge in [-0.3, -0.25) is 0 Å². The average molecular weight is 382 g/mol. The van der Waals surface area contributed by atoms with Gasteiger partial charge in [0, 0.05) is 11.3 Å². The molecule has 1 amide bonds. The second kappa shape index (κ2) is 6.49. The lowest BCUT2D eigenvalue weighted by Gasteiger charge is -2.31. The summed E-state index contributed by atoms with van der Waals surface area (Å²) in [7, 11) is 0. The molecule has 0 saturated carbocycles. The van der Waals surface area contributed by atoms with Gasteiger partial charge in [-0.1, -0.05) is 51.4 Å². The summed E-state index contributed by atoms with van der Waals surface area (Å²) in [5.41, 5.74) is 9.65. The van der Waals surface area contributed by atoms with E-state index in [0.29, 0.717) is 6.54 Å². The van der Waals surface area contributed by atoms with Crippen LogP contribution in [0.15, 0.2) is 35.4 Å². The fourth-order valence-corrected chi connectivity index (χ4v) is 4.68. The number of ether oxygens (including phenoxy) is 1. The number of aliphatic hydroxyl groups is 1. The van der Waals surface area contributed by atoms with Crippen LogP contribution in [0, 0.1) is 0 Å². The number of hydrogen-bond acceptors (Lipinski definition) is 4. The maximum Gasteiger partial charge on any atom is 0.516 e. The molecule has 1 aromatic rings. The number of benzene rings is 1. The van der Waals surface area contributed by atoms with Crippen molar-refractivity contribution in [2.45, 2.75) is 36.0 Å². The molecular formula is C15H18BrN4O3+. The topological polar surface area (TPSA) is 95.3 Å². The van der Waals surface area contributed by atoms with Gasteiger partial charge < -0.3 is 9.84 Å². The van der Waals surface area contributed by atoms with E-state index in [2.05, 4.69) is 26.0 Å². The van der Waals surface area contributed by atoms with E-state index < -0.39 is 12.1 Å². The molecule has 1 N–H and O–H groups in total. The molecule has 8 heteroatoms. The van der Waals surface area contributed by atoms with E-state index in [1.807, 2.05) is 30.3 Å². The number of hydrogen-bond donors (Lipinski definition) is 1. The molecule has 122 valence electrons. The molecule has 0 radical (unpaired) electrons. The second-order valence-electron chi connectivity index (χ2n) is 6.04. The highest BCUT2D eigenvalue weighted by Gasteiger charge is 2.64. The zero-order valence-corrected chi connectivity index (χ0v) is 14.0. The molecule has 0 spiro atoms. The maximum atomic E-state index is 12.7. The Kier molecular flexibility index (Phi) is 4.59. The molecule has 0 aliphatic carbocycles. The second-order valence-corrected chi connectivity index (χ2v) is 7.21. The van der Waals surface area contributed by atoms with Crippen LogP contribution in [-0.4, -0.2) is 51.8 Å². The first-order valence-corrected chi connectivity index (χ1v) is 8.44. The van der Waals surface area contributed by atoms with Crippen LogP contribution < -0.4 is 0 Å². The summed E-state index contributed by atoms with van der Waals surface area (Å²) in [6.07, 6.45) is -0.425. The van der Waals surface area contributed by atoms with Gasteiger partial charge in [-0.15, -0.1) is 0 Å². The molecule has 3 rings (SSSR count). The Balaban J connectivity index is 1.79. The largest absolute Gasteiger partial charge is 0.516 e. The number of nitrogens with zero attached hydrogens (tertiary/aromatic N) is 4. The molecule has 2 heterocycles. The van der Waals surface area contributed by atoms with E-state index in [1.165, 1.54) is 0 Å². The van der Waals surface area contributed by atoms with Crippen molar-refractivity contribution >= 4 is 22.0 Å². The zero-order chi connectivity index (χ0) is 16.4. The fraction of sp³-hybridized carbons (Fsp3) is 0.533. The van der Waals surface area contributed by atoms with Crippen molar-refractivity contribution in [1.29, 1.82) is 0 Å². The van der Waals surface area contributed by atoms with Crippen molar-refractivity contribution in [2.24, 2.45) is 5.11 Å². The smallest absolute Gasteiger partial charge is 0.415 e. The van der Waals surface area contributed by atoms with Crippen LogP contribution in [0.4, 0.5) is 4.79 Å². The fourth-order valence-electron chi connectivity index (χ4n) is 3.71. The van der Waals surface area contributed by atoms with Crippen molar-refractivity contribution in [3.05, 3.63) is 46.3 Å². The number of aliphatic hydroxyl groups excluding tert-OH is 1. The number of azide groups is 1. The van der Waals surface area contributed by atoms with Crippen LogP contribution in [0.25, 0.3) is 10.4 Å². The number of carbonyl (C=O) groups excluding carboxylic acids is 1. The number of fused-ring (bicyclic) bond motifs is 1. The molecule has 0 aromatic heterocycles. The Labute approximate surface area is 142 Å². The number of rotatable bonds is 3. The summed E-state index contributed by atoms with van der Waals surface area (Å²) in [6.45, 7) is 0.994. The van der Waals surface area contributed by atoms with Crippen LogP contribution in [0.2, 0.25) is 0 Å². The third-order valence-electron chi connectivity index (χ3n) is 4.76. The van der Waals surface area contributed by atoms with E-state index in [4.69, 9.17) is 10.3 Å². The van der Waals surface area contributed by atoms with E-state index in [1.54, 1.807) is 0 Å². The van der Waals surface area contributed by atoms with Gasteiger partial charge in [0.05, 0.1) is 11.4 Å². The van der Waals surface area contributed by atoms with Gasteiger partial charge in [0.2, 0.25) is 0 Å². The first-order valence-electron chi connectivity index (χ1n) is 7.53. The van der Waals surface area contributed by atoms with E-state index >= 15 is 0 Å². The van der Waals surface area contributed by atoms with Crippen LogP contribution >= 0.6 is 15.9 Å². The first kappa shape index (κ1) is 16.3. The summed E-state index contributed by atoms with van der Waals surface area (Å²) in [5.74, 6) is 0. The van der Waals surface area contributed by atoms with Gasteiger partial charge in [-0.2, -0.15) is 4.79 Å². The van der Waals surface area contributed by atoms with Crippen molar-refractivity contribution in [3.8, 4) is 0 Å².